The van der Waals surface area contributed by atoms with Crippen LogP contribution in [0.3, 0.4) is 0 Å². The molecule has 0 saturated carbocycles. The molecule has 0 aromatic carbocycles. The zero-order chi connectivity index (χ0) is 13.7. The zero-order valence-corrected chi connectivity index (χ0v) is 11.0. The average Bonchev–Trinajstić information content (AvgIpc) is 2.27. The van der Waals surface area contributed by atoms with E-state index >= 15 is 0 Å². The van der Waals surface area contributed by atoms with Crippen LogP contribution in [0.4, 0.5) is 11.5 Å². The lowest BCUT2D eigenvalue weighted by Crippen LogP contribution is -2.17. The van der Waals surface area contributed by atoms with Crippen LogP contribution in [0.15, 0.2) is 6.33 Å². The lowest BCUT2D eigenvalue weighted by Gasteiger charge is -2.14. The van der Waals surface area contributed by atoms with Gasteiger partial charge in [-0.15, -0.1) is 0 Å². The Balaban J connectivity index is 3.13. The zero-order valence-electron chi connectivity index (χ0n) is 11.0. The predicted octanol–water partition coefficient (Wildman–Crippen LogP) is 2.38. The molecule has 1 heterocycles. The molecule has 1 rings (SSSR count). The predicted molar refractivity (Wildman–Crippen MR) is 67.8 cm³/mol. The summed E-state index contributed by atoms with van der Waals surface area (Å²) in [6.45, 7) is 7.48. The molecule has 0 saturated heterocycles. The summed E-state index contributed by atoms with van der Waals surface area (Å²) in [5, 5.41) is 14.1. The maximum atomic E-state index is 11.1. The Morgan fingerprint density at radius 1 is 1.44 bits per heavy atom. The van der Waals surface area contributed by atoms with Gasteiger partial charge in [0, 0.05) is 6.04 Å². The van der Waals surface area contributed by atoms with E-state index in [0.29, 0.717) is 0 Å². The van der Waals surface area contributed by atoms with Crippen LogP contribution in [-0.4, -0.2) is 27.0 Å². The van der Waals surface area contributed by atoms with Crippen molar-refractivity contribution in [3.63, 3.8) is 0 Å². The van der Waals surface area contributed by atoms with Crippen LogP contribution >= 0.6 is 0 Å². The Labute approximate surface area is 106 Å². The fourth-order valence-electron chi connectivity index (χ4n) is 1.28. The highest BCUT2D eigenvalue weighted by molar-refractivity contribution is 5.61. The van der Waals surface area contributed by atoms with Crippen molar-refractivity contribution in [3.05, 3.63) is 16.4 Å². The van der Waals surface area contributed by atoms with Crippen molar-refractivity contribution in [2.45, 2.75) is 46.3 Å². The molecule has 0 radical (unpaired) electrons. The second kappa shape index (κ2) is 6.13. The van der Waals surface area contributed by atoms with Gasteiger partial charge in [0.05, 0.1) is 11.0 Å². The monoisotopic (exact) mass is 254 g/mol. The molecule has 0 spiro atoms. The molecular formula is C11H18N4O3. The molecule has 100 valence electrons. The van der Waals surface area contributed by atoms with Crippen LogP contribution in [0.25, 0.3) is 0 Å². The minimum atomic E-state index is -0.525. The summed E-state index contributed by atoms with van der Waals surface area (Å²) in [4.78, 5) is 18.3. The third kappa shape index (κ3) is 3.54. The highest BCUT2D eigenvalue weighted by atomic mass is 16.6. The lowest BCUT2D eigenvalue weighted by atomic mass is 10.2. The second-order valence-electron chi connectivity index (χ2n) is 4.25. The van der Waals surface area contributed by atoms with Crippen LogP contribution in [0.2, 0.25) is 0 Å². The number of hydrogen-bond donors (Lipinski definition) is 1. The van der Waals surface area contributed by atoms with Crippen molar-refractivity contribution in [1.29, 1.82) is 0 Å². The molecule has 1 aromatic heterocycles. The fraction of sp³-hybridized carbons (Fsp3) is 0.636. The van der Waals surface area contributed by atoms with Crippen molar-refractivity contribution >= 4 is 11.5 Å². The Morgan fingerprint density at radius 2 is 2.11 bits per heavy atom. The Bertz CT molecular complexity index is 423. The van der Waals surface area contributed by atoms with Gasteiger partial charge in [-0.05, 0) is 27.2 Å². The summed E-state index contributed by atoms with van der Waals surface area (Å²) in [5.74, 6) is 0.191. The quantitative estimate of drug-likeness (QED) is 0.619. The second-order valence-corrected chi connectivity index (χ2v) is 4.25. The van der Waals surface area contributed by atoms with E-state index in [4.69, 9.17) is 4.74 Å². The van der Waals surface area contributed by atoms with Crippen molar-refractivity contribution in [3.8, 4) is 5.88 Å². The van der Waals surface area contributed by atoms with Crippen molar-refractivity contribution < 1.29 is 9.66 Å². The molecule has 0 amide bonds. The van der Waals surface area contributed by atoms with E-state index in [1.54, 1.807) is 13.8 Å². The topological polar surface area (TPSA) is 90.2 Å². The minimum absolute atomic E-state index is 0.00389. The summed E-state index contributed by atoms with van der Waals surface area (Å²) >= 11 is 0. The van der Waals surface area contributed by atoms with Crippen LogP contribution in [0.5, 0.6) is 5.88 Å². The van der Waals surface area contributed by atoms with Gasteiger partial charge in [0.25, 0.3) is 5.88 Å². The molecule has 1 unspecified atom stereocenters. The van der Waals surface area contributed by atoms with E-state index in [1.165, 1.54) is 6.33 Å². The number of aromatic nitrogens is 2. The van der Waals surface area contributed by atoms with Gasteiger partial charge in [-0.1, -0.05) is 6.92 Å². The van der Waals surface area contributed by atoms with Crippen molar-refractivity contribution in [1.82, 2.24) is 9.97 Å². The Hall–Kier alpha value is -1.92. The first-order valence-corrected chi connectivity index (χ1v) is 5.88. The number of nitrogens with zero attached hydrogens (tertiary/aromatic N) is 3. The summed E-state index contributed by atoms with van der Waals surface area (Å²) in [6.07, 6.45) is 1.91. The van der Waals surface area contributed by atoms with E-state index < -0.39 is 4.92 Å². The van der Waals surface area contributed by atoms with Gasteiger partial charge in [-0.25, -0.2) is 4.98 Å². The number of nitro groups is 1. The van der Waals surface area contributed by atoms with Gasteiger partial charge in [0.15, 0.2) is 0 Å². The molecule has 1 N–H and O–H groups in total. The van der Waals surface area contributed by atoms with E-state index in [0.717, 1.165) is 6.42 Å². The average molecular weight is 254 g/mol. The normalized spacial score (nSPS) is 12.3. The number of rotatable bonds is 6. The maximum Gasteiger partial charge on any atom is 0.372 e. The van der Waals surface area contributed by atoms with Gasteiger partial charge in [0.2, 0.25) is 5.82 Å². The van der Waals surface area contributed by atoms with E-state index in [9.17, 15) is 10.1 Å². The van der Waals surface area contributed by atoms with E-state index in [-0.39, 0.29) is 29.5 Å². The summed E-state index contributed by atoms with van der Waals surface area (Å²) in [6, 6.07) is 0.0884. The van der Waals surface area contributed by atoms with Crippen LogP contribution in [0, 0.1) is 10.1 Å². The SMILES string of the molecule is CCC(C)Nc1ncnc(OC(C)C)c1[N+](=O)[O-]. The molecular weight excluding hydrogens is 236 g/mol. The molecule has 0 aliphatic rings. The Morgan fingerprint density at radius 3 is 2.61 bits per heavy atom. The largest absolute Gasteiger partial charge is 0.470 e. The highest BCUT2D eigenvalue weighted by Crippen LogP contribution is 2.31. The number of hydrogen-bond acceptors (Lipinski definition) is 6. The van der Waals surface area contributed by atoms with Gasteiger partial charge in [-0.3, -0.25) is 10.1 Å². The summed E-state index contributed by atoms with van der Waals surface area (Å²) in [7, 11) is 0. The van der Waals surface area contributed by atoms with Gasteiger partial charge >= 0.3 is 5.69 Å². The standard InChI is InChI=1S/C11H18N4O3/c1-5-8(4)14-10-9(15(16)17)11(13-6-12-10)18-7(2)3/h6-8H,5H2,1-4H3,(H,12,13,14). The van der Waals surface area contributed by atoms with Crippen LogP contribution < -0.4 is 10.1 Å². The lowest BCUT2D eigenvalue weighted by molar-refractivity contribution is -0.385. The number of ether oxygens (including phenoxy) is 1. The van der Waals surface area contributed by atoms with Crippen molar-refractivity contribution in [2.75, 3.05) is 5.32 Å². The third-order valence-electron chi connectivity index (χ3n) is 2.31. The highest BCUT2D eigenvalue weighted by Gasteiger charge is 2.25. The number of anilines is 1. The van der Waals surface area contributed by atoms with Crippen LogP contribution in [0.1, 0.15) is 34.1 Å². The summed E-state index contributed by atoms with van der Waals surface area (Å²) < 4.78 is 5.33. The molecule has 0 aliphatic carbocycles. The fourth-order valence-corrected chi connectivity index (χ4v) is 1.28. The maximum absolute atomic E-state index is 11.1. The minimum Gasteiger partial charge on any atom is -0.470 e. The first-order valence-electron chi connectivity index (χ1n) is 5.88. The third-order valence-corrected chi connectivity index (χ3v) is 2.31. The summed E-state index contributed by atoms with van der Waals surface area (Å²) in [5.41, 5.74) is -0.216. The molecule has 7 heteroatoms. The van der Waals surface area contributed by atoms with E-state index in [2.05, 4.69) is 15.3 Å². The molecule has 0 fully saturated rings. The molecule has 0 aliphatic heterocycles. The van der Waals surface area contributed by atoms with Gasteiger partial charge < -0.3 is 10.1 Å². The van der Waals surface area contributed by atoms with Gasteiger partial charge in [-0.2, -0.15) is 4.98 Å². The molecule has 7 nitrogen and oxygen atoms in total. The molecule has 18 heavy (non-hydrogen) atoms. The molecule has 1 aromatic rings. The number of nitrogens with one attached hydrogen (secondary N) is 1. The first-order chi connectivity index (χ1) is 8.45. The molecule has 0 bridgehead atoms. The Kier molecular flexibility index (Phi) is 4.82. The molecule has 1 atom stereocenters. The first kappa shape index (κ1) is 14.1. The van der Waals surface area contributed by atoms with Crippen molar-refractivity contribution in [2.24, 2.45) is 0 Å². The van der Waals surface area contributed by atoms with Crippen LogP contribution in [-0.2, 0) is 0 Å². The smallest absolute Gasteiger partial charge is 0.372 e. The van der Waals surface area contributed by atoms with Gasteiger partial charge in [0.1, 0.15) is 6.33 Å². The van der Waals surface area contributed by atoms with E-state index in [1.807, 2.05) is 13.8 Å².